The summed E-state index contributed by atoms with van der Waals surface area (Å²) in [5.74, 6) is 0. The molecule has 1 N–H and O–H groups in total. The molecule has 0 saturated carbocycles. The number of aliphatic hydroxyl groups is 1. The Morgan fingerprint density at radius 3 is 2.87 bits per heavy atom. The van der Waals surface area contributed by atoms with Crippen LogP contribution in [0, 0.1) is 0 Å². The average Bonchev–Trinajstić information content (AvgIpc) is 2.15. The summed E-state index contributed by atoms with van der Waals surface area (Å²) in [6.07, 6.45) is 0.812. The number of hydrogen-bond acceptors (Lipinski definition) is 3. The van der Waals surface area contributed by atoms with Gasteiger partial charge in [0.1, 0.15) is 5.15 Å². The van der Waals surface area contributed by atoms with Gasteiger partial charge in [-0.25, -0.2) is 4.98 Å². The highest BCUT2D eigenvalue weighted by Crippen LogP contribution is 2.25. The molecule has 1 aliphatic rings. The molecule has 4 heteroatoms. The number of likely N-dealkylation sites (tertiary alicyclic amines) is 1. The summed E-state index contributed by atoms with van der Waals surface area (Å²) in [5, 5.41) is 10.4. The van der Waals surface area contributed by atoms with E-state index in [9.17, 15) is 5.11 Å². The Labute approximate surface area is 94.7 Å². The molecule has 0 atom stereocenters. The van der Waals surface area contributed by atoms with Crippen LogP contribution in [0.15, 0.2) is 18.2 Å². The quantitative estimate of drug-likeness (QED) is 0.797. The molecule has 2 rings (SSSR count). The Balaban J connectivity index is 1.90. The molecule has 0 radical (unpaired) electrons. The molecule has 1 aromatic rings. The third kappa shape index (κ3) is 2.48. The first kappa shape index (κ1) is 10.9. The second-order valence-electron chi connectivity index (χ2n) is 4.17. The lowest BCUT2D eigenvalue weighted by Crippen LogP contribution is -2.60. The molecule has 1 aliphatic heterocycles. The lowest BCUT2D eigenvalue weighted by atomic mass is 9.91. The van der Waals surface area contributed by atoms with Crippen LogP contribution < -0.4 is 0 Å². The third-order valence-corrected chi connectivity index (χ3v) is 3.06. The lowest BCUT2D eigenvalue weighted by Gasteiger charge is -2.46. The second kappa shape index (κ2) is 4.08. The summed E-state index contributed by atoms with van der Waals surface area (Å²) < 4.78 is 0. The van der Waals surface area contributed by atoms with E-state index in [-0.39, 0.29) is 0 Å². The van der Waals surface area contributed by atoms with Gasteiger partial charge in [0, 0.05) is 19.6 Å². The summed E-state index contributed by atoms with van der Waals surface area (Å²) in [6, 6.07) is 5.62. The minimum atomic E-state index is -0.474. The van der Waals surface area contributed by atoms with Crippen molar-refractivity contribution in [2.24, 2.45) is 0 Å². The maximum atomic E-state index is 9.83. The van der Waals surface area contributed by atoms with Crippen molar-refractivity contribution in [3.05, 3.63) is 29.0 Å². The molecule has 0 aromatic carbocycles. The van der Waals surface area contributed by atoms with Crippen LogP contribution >= 0.6 is 11.6 Å². The number of rotatable bonds is 3. The Morgan fingerprint density at radius 2 is 2.27 bits per heavy atom. The summed E-state index contributed by atoms with van der Waals surface area (Å²) >= 11 is 5.79. The number of nitrogens with zero attached hydrogens (tertiary/aromatic N) is 2. The van der Waals surface area contributed by atoms with E-state index in [2.05, 4.69) is 9.88 Å². The zero-order valence-corrected chi connectivity index (χ0v) is 9.54. The smallest absolute Gasteiger partial charge is 0.129 e. The minimum absolute atomic E-state index is 0.474. The number of halogens is 1. The lowest BCUT2D eigenvalue weighted by molar-refractivity contribution is -0.103. The molecule has 0 spiro atoms. The first-order valence-corrected chi connectivity index (χ1v) is 5.55. The molecule has 1 fully saturated rings. The van der Waals surface area contributed by atoms with Crippen molar-refractivity contribution in [1.29, 1.82) is 0 Å². The van der Waals surface area contributed by atoms with Crippen molar-refractivity contribution in [2.45, 2.75) is 25.5 Å². The molecular weight excluding hydrogens is 212 g/mol. The van der Waals surface area contributed by atoms with Crippen molar-refractivity contribution in [1.82, 2.24) is 9.88 Å². The van der Waals surface area contributed by atoms with E-state index in [0.717, 1.165) is 31.7 Å². The molecule has 2 heterocycles. The van der Waals surface area contributed by atoms with Crippen LogP contribution in [0.5, 0.6) is 0 Å². The van der Waals surface area contributed by atoms with Gasteiger partial charge < -0.3 is 5.11 Å². The predicted molar refractivity (Wildman–Crippen MR) is 59.8 cm³/mol. The van der Waals surface area contributed by atoms with E-state index < -0.39 is 5.60 Å². The van der Waals surface area contributed by atoms with Crippen LogP contribution in [-0.2, 0) is 6.54 Å². The largest absolute Gasteiger partial charge is 0.387 e. The van der Waals surface area contributed by atoms with Crippen LogP contribution in [-0.4, -0.2) is 33.7 Å². The van der Waals surface area contributed by atoms with Gasteiger partial charge in [-0.05, 0) is 18.6 Å². The fourth-order valence-electron chi connectivity index (χ4n) is 1.89. The molecule has 0 aliphatic carbocycles. The van der Waals surface area contributed by atoms with Crippen LogP contribution in [0.4, 0.5) is 0 Å². The second-order valence-corrected chi connectivity index (χ2v) is 4.56. The Morgan fingerprint density at radius 1 is 1.53 bits per heavy atom. The predicted octanol–water partition coefficient (Wildman–Crippen LogP) is 1.69. The zero-order valence-electron chi connectivity index (χ0n) is 8.78. The van der Waals surface area contributed by atoms with E-state index >= 15 is 0 Å². The fourth-order valence-corrected chi connectivity index (χ4v) is 2.07. The van der Waals surface area contributed by atoms with Gasteiger partial charge >= 0.3 is 0 Å². The minimum Gasteiger partial charge on any atom is -0.387 e. The molecule has 82 valence electrons. The van der Waals surface area contributed by atoms with Gasteiger partial charge in [0.05, 0.1) is 11.3 Å². The molecule has 0 bridgehead atoms. The molecule has 3 nitrogen and oxygen atoms in total. The maximum Gasteiger partial charge on any atom is 0.129 e. The summed E-state index contributed by atoms with van der Waals surface area (Å²) in [5.41, 5.74) is 0.485. The maximum absolute atomic E-state index is 9.83. The molecule has 1 saturated heterocycles. The first-order chi connectivity index (χ1) is 7.11. The van der Waals surface area contributed by atoms with Gasteiger partial charge in [-0.1, -0.05) is 24.6 Å². The average molecular weight is 227 g/mol. The molecule has 0 amide bonds. The van der Waals surface area contributed by atoms with Crippen LogP contribution in [0.1, 0.15) is 19.0 Å². The normalized spacial score (nSPS) is 19.9. The standard InChI is InChI=1S/C11H15ClN2O/c1-2-11(15)7-14(8-11)6-9-4-3-5-10(12)13-9/h3-5,15H,2,6-8H2,1H3. The molecule has 0 unspecified atom stereocenters. The van der Waals surface area contributed by atoms with Gasteiger partial charge in [0.25, 0.3) is 0 Å². The zero-order chi connectivity index (χ0) is 10.9. The van der Waals surface area contributed by atoms with Gasteiger partial charge in [0.15, 0.2) is 0 Å². The highest BCUT2D eigenvalue weighted by atomic mass is 35.5. The number of hydrogen-bond donors (Lipinski definition) is 1. The van der Waals surface area contributed by atoms with Crippen molar-refractivity contribution < 1.29 is 5.11 Å². The molecule has 1 aromatic heterocycles. The van der Waals surface area contributed by atoms with Crippen molar-refractivity contribution >= 4 is 11.6 Å². The first-order valence-electron chi connectivity index (χ1n) is 5.17. The fraction of sp³-hybridized carbons (Fsp3) is 0.545. The van der Waals surface area contributed by atoms with Gasteiger partial charge in [0.2, 0.25) is 0 Å². The van der Waals surface area contributed by atoms with Crippen LogP contribution in [0.25, 0.3) is 0 Å². The summed E-state index contributed by atoms with van der Waals surface area (Å²) in [6.45, 7) is 4.24. The Hall–Kier alpha value is -0.640. The van der Waals surface area contributed by atoms with E-state index in [1.807, 2.05) is 19.1 Å². The van der Waals surface area contributed by atoms with Gasteiger partial charge in [-0.2, -0.15) is 0 Å². The Kier molecular flexibility index (Phi) is 2.96. The Bertz CT molecular complexity index is 350. The SMILES string of the molecule is CCC1(O)CN(Cc2cccc(Cl)n2)C1. The van der Waals surface area contributed by atoms with E-state index in [1.165, 1.54) is 0 Å². The monoisotopic (exact) mass is 226 g/mol. The molecular formula is C11H15ClN2O. The molecule has 15 heavy (non-hydrogen) atoms. The number of pyridine rings is 1. The van der Waals surface area contributed by atoms with Crippen molar-refractivity contribution in [3.8, 4) is 0 Å². The van der Waals surface area contributed by atoms with Crippen LogP contribution in [0.3, 0.4) is 0 Å². The van der Waals surface area contributed by atoms with Gasteiger partial charge in [-0.3, -0.25) is 4.90 Å². The van der Waals surface area contributed by atoms with Crippen molar-refractivity contribution in [2.75, 3.05) is 13.1 Å². The van der Waals surface area contributed by atoms with Crippen LogP contribution in [0.2, 0.25) is 5.15 Å². The highest BCUT2D eigenvalue weighted by molar-refractivity contribution is 6.29. The van der Waals surface area contributed by atoms with E-state index in [4.69, 9.17) is 11.6 Å². The highest BCUT2D eigenvalue weighted by Gasteiger charge is 2.39. The van der Waals surface area contributed by atoms with Crippen molar-refractivity contribution in [3.63, 3.8) is 0 Å². The van der Waals surface area contributed by atoms with E-state index in [0.29, 0.717) is 5.15 Å². The van der Waals surface area contributed by atoms with Gasteiger partial charge in [-0.15, -0.1) is 0 Å². The summed E-state index contributed by atoms with van der Waals surface area (Å²) in [7, 11) is 0. The van der Waals surface area contributed by atoms with E-state index in [1.54, 1.807) is 6.07 Å². The third-order valence-electron chi connectivity index (χ3n) is 2.85. The number of aromatic nitrogens is 1. The number of β-amino-alcohol motifs (C(OH)–C–C–N with tert-alkyl or cyclic N) is 1. The summed E-state index contributed by atoms with van der Waals surface area (Å²) in [4.78, 5) is 6.38. The topological polar surface area (TPSA) is 36.4 Å².